The maximum atomic E-state index is 13.2. The van der Waals surface area contributed by atoms with Crippen LogP contribution in [0.1, 0.15) is 33.5 Å². The summed E-state index contributed by atoms with van der Waals surface area (Å²) < 4.78 is 39.6. The summed E-state index contributed by atoms with van der Waals surface area (Å²) in [4.78, 5) is 19.0. The lowest BCUT2D eigenvalue weighted by molar-refractivity contribution is -0.137. The number of hydrogen-bond acceptors (Lipinski definition) is 3. The van der Waals surface area contributed by atoms with Gasteiger partial charge in [-0.2, -0.15) is 13.2 Å². The van der Waals surface area contributed by atoms with Crippen LogP contribution in [0, 0.1) is 6.92 Å². The third kappa shape index (κ3) is 3.19. The predicted octanol–water partition coefficient (Wildman–Crippen LogP) is 5.18. The smallest absolute Gasteiger partial charge is 0.359 e. The van der Waals surface area contributed by atoms with Gasteiger partial charge in [0.05, 0.1) is 16.8 Å². The van der Waals surface area contributed by atoms with Crippen LogP contribution in [0.15, 0.2) is 66.7 Å². The van der Waals surface area contributed by atoms with E-state index in [1.807, 2.05) is 13.0 Å². The molecule has 0 aliphatic carbocycles. The highest BCUT2D eigenvalue weighted by atomic mass is 19.4. The second kappa shape index (κ2) is 6.67. The van der Waals surface area contributed by atoms with Crippen LogP contribution in [0.2, 0.25) is 0 Å². The second-order valence-corrected chi connectivity index (χ2v) is 6.52. The Kier molecular flexibility index (Phi) is 4.30. The minimum Gasteiger partial charge on any atom is -0.359 e. The van der Waals surface area contributed by atoms with Crippen LogP contribution in [0.4, 0.5) is 24.5 Å². The summed E-state index contributed by atoms with van der Waals surface area (Å²) in [6.45, 7) is 1.82. The van der Waals surface area contributed by atoms with Crippen molar-refractivity contribution in [2.75, 3.05) is 10.2 Å². The summed E-state index contributed by atoms with van der Waals surface area (Å²) in [6.07, 6.45) is -5.23. The highest BCUT2D eigenvalue weighted by Crippen LogP contribution is 2.38. The Labute approximate surface area is 159 Å². The normalized spacial score (nSPS) is 16.5. The number of halogens is 3. The molecular weight excluding hydrogens is 367 g/mol. The fourth-order valence-electron chi connectivity index (χ4n) is 3.28. The molecule has 1 N–H and O–H groups in total. The summed E-state index contributed by atoms with van der Waals surface area (Å²) >= 11 is 0. The number of benzene rings is 2. The van der Waals surface area contributed by atoms with Crippen LogP contribution < -0.4 is 10.2 Å². The van der Waals surface area contributed by atoms with E-state index in [2.05, 4.69) is 10.3 Å². The average Bonchev–Trinajstić information content (AvgIpc) is 2.67. The topological polar surface area (TPSA) is 45.2 Å². The number of pyridine rings is 1. The van der Waals surface area contributed by atoms with Crippen molar-refractivity contribution in [2.24, 2.45) is 0 Å². The van der Waals surface area contributed by atoms with Gasteiger partial charge in [-0.3, -0.25) is 14.7 Å². The van der Waals surface area contributed by atoms with Gasteiger partial charge in [0.15, 0.2) is 6.17 Å². The fourth-order valence-corrected chi connectivity index (χ4v) is 3.28. The number of amides is 1. The lowest BCUT2D eigenvalue weighted by Gasteiger charge is -2.37. The number of carbonyl (C=O) groups excluding carboxylic acids is 1. The molecule has 1 atom stereocenters. The highest BCUT2D eigenvalue weighted by Gasteiger charge is 2.37. The quantitative estimate of drug-likeness (QED) is 0.663. The maximum absolute atomic E-state index is 13.2. The van der Waals surface area contributed by atoms with E-state index in [0.717, 1.165) is 17.8 Å². The molecule has 1 amide bonds. The summed E-state index contributed by atoms with van der Waals surface area (Å²) in [7, 11) is 0. The largest absolute Gasteiger partial charge is 0.416 e. The number of anilines is 2. The average molecular weight is 383 g/mol. The zero-order chi connectivity index (χ0) is 19.9. The van der Waals surface area contributed by atoms with Crippen LogP contribution in [0.25, 0.3) is 0 Å². The molecule has 7 heteroatoms. The molecule has 0 saturated carbocycles. The maximum Gasteiger partial charge on any atom is 0.416 e. The van der Waals surface area contributed by atoms with Crippen LogP contribution in [-0.4, -0.2) is 10.9 Å². The Morgan fingerprint density at radius 2 is 1.75 bits per heavy atom. The molecule has 2 heterocycles. The van der Waals surface area contributed by atoms with Gasteiger partial charge in [0.25, 0.3) is 5.91 Å². The van der Waals surface area contributed by atoms with Crippen LogP contribution >= 0.6 is 0 Å². The Morgan fingerprint density at radius 3 is 2.50 bits per heavy atom. The van der Waals surface area contributed by atoms with Crippen LogP contribution in [0.5, 0.6) is 0 Å². The first-order chi connectivity index (χ1) is 13.3. The molecule has 2 aromatic carbocycles. The number of rotatable bonds is 2. The Morgan fingerprint density at radius 1 is 1.00 bits per heavy atom. The van der Waals surface area contributed by atoms with Gasteiger partial charge in [-0.25, -0.2) is 0 Å². The lowest BCUT2D eigenvalue weighted by Crippen LogP contribution is -2.43. The fraction of sp³-hybridized carbons (Fsp3) is 0.143. The van der Waals surface area contributed by atoms with E-state index in [9.17, 15) is 18.0 Å². The molecule has 0 saturated heterocycles. The third-order valence-electron chi connectivity index (χ3n) is 4.57. The minimum absolute atomic E-state index is 0.148. The molecule has 0 bridgehead atoms. The van der Waals surface area contributed by atoms with Crippen LogP contribution in [0.3, 0.4) is 0 Å². The molecule has 4 rings (SSSR count). The number of aryl methyl sites for hydroxylation is 1. The molecule has 142 valence electrons. The van der Waals surface area contributed by atoms with E-state index < -0.39 is 17.9 Å². The molecule has 0 spiro atoms. The summed E-state index contributed by atoms with van der Waals surface area (Å²) in [5, 5.41) is 3.24. The SMILES string of the molecule is Cc1cccc(C2Nc3ccccc3C(=O)N2c2cccc(C(F)(F)F)c2)n1. The second-order valence-electron chi connectivity index (χ2n) is 6.52. The van der Waals surface area contributed by atoms with Crippen molar-refractivity contribution in [3.8, 4) is 0 Å². The molecule has 0 fully saturated rings. The number of para-hydroxylation sites is 1. The molecule has 1 aliphatic rings. The van der Waals surface area contributed by atoms with Gasteiger partial charge in [0.2, 0.25) is 0 Å². The van der Waals surface area contributed by atoms with Crippen molar-refractivity contribution in [1.29, 1.82) is 0 Å². The first kappa shape index (κ1) is 18.0. The zero-order valence-electron chi connectivity index (χ0n) is 14.9. The van der Waals surface area contributed by atoms with Crippen molar-refractivity contribution in [3.05, 3.63) is 89.2 Å². The molecule has 28 heavy (non-hydrogen) atoms. The lowest BCUT2D eigenvalue weighted by atomic mass is 10.0. The number of aromatic nitrogens is 1. The Balaban J connectivity index is 1.87. The summed E-state index contributed by atoms with van der Waals surface area (Å²) in [5.74, 6) is -0.387. The van der Waals surface area contributed by atoms with Crippen molar-refractivity contribution >= 4 is 17.3 Å². The number of carbonyl (C=O) groups is 1. The van der Waals surface area contributed by atoms with Crippen molar-refractivity contribution < 1.29 is 18.0 Å². The van der Waals surface area contributed by atoms with Gasteiger partial charge in [0, 0.05) is 17.1 Å². The molecule has 4 nitrogen and oxygen atoms in total. The molecular formula is C21H16F3N3O. The first-order valence-electron chi connectivity index (χ1n) is 8.64. The van der Waals surface area contributed by atoms with Gasteiger partial charge >= 0.3 is 6.18 Å². The number of nitrogens with one attached hydrogen (secondary N) is 1. The van der Waals surface area contributed by atoms with Crippen molar-refractivity contribution in [3.63, 3.8) is 0 Å². The molecule has 1 aliphatic heterocycles. The standard InChI is InChI=1S/C21H16F3N3O/c1-13-6-4-11-18(25-13)19-26-17-10-3-2-9-16(17)20(28)27(19)15-8-5-7-14(12-15)21(22,23)24/h2-12,19,26H,1H3. The number of nitrogens with zero attached hydrogens (tertiary/aromatic N) is 2. The number of hydrogen-bond donors (Lipinski definition) is 1. The zero-order valence-corrected chi connectivity index (χ0v) is 14.9. The molecule has 0 radical (unpaired) electrons. The van der Waals surface area contributed by atoms with Crippen molar-refractivity contribution in [2.45, 2.75) is 19.3 Å². The molecule has 3 aromatic rings. The van der Waals surface area contributed by atoms with E-state index in [0.29, 0.717) is 16.9 Å². The van der Waals surface area contributed by atoms with Gasteiger partial charge in [-0.15, -0.1) is 0 Å². The van der Waals surface area contributed by atoms with E-state index in [1.54, 1.807) is 36.4 Å². The van der Waals surface area contributed by atoms with Crippen molar-refractivity contribution in [1.82, 2.24) is 4.98 Å². The summed E-state index contributed by atoms with van der Waals surface area (Å²) in [6, 6.07) is 17.0. The monoisotopic (exact) mass is 383 g/mol. The predicted molar refractivity (Wildman–Crippen MR) is 100 cm³/mol. The van der Waals surface area contributed by atoms with E-state index in [1.165, 1.54) is 17.0 Å². The van der Waals surface area contributed by atoms with Crippen LogP contribution in [-0.2, 0) is 6.18 Å². The first-order valence-corrected chi connectivity index (χ1v) is 8.64. The van der Waals surface area contributed by atoms with Gasteiger partial charge in [-0.1, -0.05) is 24.3 Å². The van der Waals surface area contributed by atoms with Gasteiger partial charge in [-0.05, 0) is 49.4 Å². The Bertz CT molecular complexity index is 1050. The van der Waals surface area contributed by atoms with Gasteiger partial charge < -0.3 is 5.32 Å². The number of fused-ring (bicyclic) bond motifs is 1. The van der Waals surface area contributed by atoms with E-state index in [-0.39, 0.29) is 11.6 Å². The number of alkyl halides is 3. The molecule has 1 aromatic heterocycles. The molecule has 1 unspecified atom stereocenters. The highest BCUT2D eigenvalue weighted by molar-refractivity contribution is 6.12. The van der Waals surface area contributed by atoms with Gasteiger partial charge in [0.1, 0.15) is 0 Å². The summed E-state index contributed by atoms with van der Waals surface area (Å²) in [5.41, 5.74) is 1.63. The Hall–Kier alpha value is -3.35. The van der Waals surface area contributed by atoms with E-state index >= 15 is 0 Å². The minimum atomic E-state index is -4.50. The van der Waals surface area contributed by atoms with E-state index in [4.69, 9.17) is 0 Å². The third-order valence-corrected chi connectivity index (χ3v) is 4.57.